The SMILES string of the molecule is Cc1ccc(S(=O)(=O)N(C)CC(=O)N2CCN(C/C=C/c3ccccc3)CC2)cc1. The van der Waals surface area contributed by atoms with Crippen LogP contribution in [-0.2, 0) is 14.8 Å². The Hall–Kier alpha value is -2.48. The lowest BCUT2D eigenvalue weighted by Gasteiger charge is -2.34. The number of carbonyl (C=O) groups is 1. The third-order valence-corrected chi connectivity index (χ3v) is 7.10. The highest BCUT2D eigenvalue weighted by Gasteiger charge is 2.26. The van der Waals surface area contributed by atoms with Gasteiger partial charge in [0, 0.05) is 39.8 Å². The molecule has 30 heavy (non-hydrogen) atoms. The molecule has 1 saturated heterocycles. The van der Waals surface area contributed by atoms with Crippen LogP contribution in [-0.4, -0.2) is 74.7 Å². The van der Waals surface area contributed by atoms with Gasteiger partial charge in [0.1, 0.15) is 0 Å². The van der Waals surface area contributed by atoms with Gasteiger partial charge in [-0.15, -0.1) is 0 Å². The molecule has 1 amide bonds. The number of carbonyl (C=O) groups excluding carboxylic acids is 1. The van der Waals surface area contributed by atoms with Crippen molar-refractivity contribution < 1.29 is 13.2 Å². The molecule has 0 aromatic heterocycles. The summed E-state index contributed by atoms with van der Waals surface area (Å²) in [4.78, 5) is 16.9. The molecule has 0 radical (unpaired) electrons. The number of aryl methyl sites for hydroxylation is 1. The molecule has 0 aliphatic carbocycles. The minimum atomic E-state index is -3.67. The third kappa shape index (κ3) is 5.78. The van der Waals surface area contributed by atoms with Gasteiger partial charge in [0.25, 0.3) is 0 Å². The van der Waals surface area contributed by atoms with Crippen LogP contribution in [0.25, 0.3) is 6.08 Å². The molecule has 0 N–H and O–H groups in total. The number of hydrogen-bond donors (Lipinski definition) is 0. The number of sulfonamides is 1. The molecule has 1 heterocycles. The van der Waals surface area contributed by atoms with Gasteiger partial charge in [-0.2, -0.15) is 4.31 Å². The largest absolute Gasteiger partial charge is 0.339 e. The molecule has 2 aromatic carbocycles. The molecule has 3 rings (SSSR count). The van der Waals surface area contributed by atoms with Gasteiger partial charge < -0.3 is 4.90 Å². The molecule has 1 aliphatic rings. The lowest BCUT2D eigenvalue weighted by atomic mass is 10.2. The summed E-state index contributed by atoms with van der Waals surface area (Å²) in [5, 5.41) is 0. The van der Waals surface area contributed by atoms with Crippen molar-refractivity contribution >= 4 is 22.0 Å². The Labute approximate surface area is 179 Å². The van der Waals surface area contributed by atoms with Gasteiger partial charge in [-0.05, 0) is 24.6 Å². The van der Waals surface area contributed by atoms with Gasteiger partial charge in [-0.1, -0.05) is 60.2 Å². The molecule has 1 aliphatic heterocycles. The fourth-order valence-corrected chi connectivity index (χ4v) is 4.47. The van der Waals surface area contributed by atoms with Gasteiger partial charge in [0.15, 0.2) is 0 Å². The summed E-state index contributed by atoms with van der Waals surface area (Å²) in [5.41, 5.74) is 2.16. The minimum absolute atomic E-state index is 0.149. The zero-order valence-electron chi connectivity index (χ0n) is 17.6. The molecule has 2 aromatic rings. The summed E-state index contributed by atoms with van der Waals surface area (Å²) in [6.45, 7) is 5.36. The van der Waals surface area contributed by atoms with Crippen LogP contribution in [0.15, 0.2) is 65.6 Å². The van der Waals surface area contributed by atoms with Crippen LogP contribution >= 0.6 is 0 Å². The fourth-order valence-electron chi connectivity index (χ4n) is 3.35. The second-order valence-corrected chi connectivity index (χ2v) is 9.61. The first kappa shape index (κ1) is 22.2. The second kappa shape index (κ2) is 10.0. The topological polar surface area (TPSA) is 60.9 Å². The van der Waals surface area contributed by atoms with Crippen molar-refractivity contribution in [3.63, 3.8) is 0 Å². The third-order valence-electron chi connectivity index (χ3n) is 5.29. The molecule has 7 heteroatoms. The summed E-state index contributed by atoms with van der Waals surface area (Å²) in [6.07, 6.45) is 4.23. The fraction of sp³-hybridized carbons (Fsp3) is 0.348. The standard InChI is InChI=1S/C23H29N3O3S/c1-20-10-12-22(13-11-20)30(28,29)24(2)19-23(27)26-17-15-25(16-18-26)14-6-9-21-7-4-3-5-8-21/h3-13H,14-19H2,1-2H3/b9-6+. The van der Waals surface area contributed by atoms with Crippen LogP contribution in [0.2, 0.25) is 0 Å². The van der Waals surface area contributed by atoms with Crippen LogP contribution in [0.5, 0.6) is 0 Å². The zero-order chi connectivity index (χ0) is 21.6. The van der Waals surface area contributed by atoms with Crippen molar-refractivity contribution in [3.8, 4) is 0 Å². The number of nitrogens with zero attached hydrogens (tertiary/aromatic N) is 3. The minimum Gasteiger partial charge on any atom is -0.339 e. The molecule has 160 valence electrons. The van der Waals surface area contributed by atoms with E-state index in [1.165, 1.54) is 12.6 Å². The molecular weight excluding hydrogens is 398 g/mol. The Bertz CT molecular complexity index is 965. The molecule has 0 atom stereocenters. The number of piperazine rings is 1. The van der Waals surface area contributed by atoms with Crippen LogP contribution in [0.3, 0.4) is 0 Å². The van der Waals surface area contributed by atoms with Crippen LogP contribution in [0, 0.1) is 6.92 Å². The van der Waals surface area contributed by atoms with Crippen molar-refractivity contribution in [2.45, 2.75) is 11.8 Å². The highest BCUT2D eigenvalue weighted by atomic mass is 32.2. The van der Waals surface area contributed by atoms with Gasteiger partial charge in [0.05, 0.1) is 11.4 Å². The number of rotatable bonds is 7. The number of amides is 1. The predicted molar refractivity (Wildman–Crippen MR) is 119 cm³/mol. The molecule has 0 unspecified atom stereocenters. The average Bonchev–Trinajstić information content (AvgIpc) is 2.75. The van der Waals surface area contributed by atoms with E-state index in [2.05, 4.69) is 29.2 Å². The van der Waals surface area contributed by atoms with E-state index in [0.717, 1.165) is 29.5 Å². The number of hydrogen-bond acceptors (Lipinski definition) is 4. The maximum Gasteiger partial charge on any atom is 0.243 e. The lowest BCUT2D eigenvalue weighted by molar-refractivity contribution is -0.132. The summed E-state index contributed by atoms with van der Waals surface area (Å²) in [6, 6.07) is 16.8. The Morgan fingerprint density at radius 3 is 2.27 bits per heavy atom. The van der Waals surface area contributed by atoms with Crippen LogP contribution in [0.1, 0.15) is 11.1 Å². The van der Waals surface area contributed by atoms with E-state index < -0.39 is 10.0 Å². The maximum absolute atomic E-state index is 12.7. The summed E-state index contributed by atoms with van der Waals surface area (Å²) in [7, 11) is -2.22. The van der Waals surface area contributed by atoms with Crippen LogP contribution < -0.4 is 0 Å². The van der Waals surface area contributed by atoms with E-state index in [0.29, 0.717) is 13.1 Å². The Kier molecular flexibility index (Phi) is 7.42. The van der Waals surface area contributed by atoms with E-state index in [1.807, 2.05) is 25.1 Å². The number of benzene rings is 2. The first-order chi connectivity index (χ1) is 14.4. The van der Waals surface area contributed by atoms with Gasteiger partial charge >= 0.3 is 0 Å². The van der Waals surface area contributed by atoms with E-state index in [1.54, 1.807) is 29.2 Å². The average molecular weight is 428 g/mol. The highest BCUT2D eigenvalue weighted by molar-refractivity contribution is 7.89. The second-order valence-electron chi connectivity index (χ2n) is 7.57. The molecule has 0 saturated carbocycles. The number of likely N-dealkylation sites (N-methyl/N-ethyl adjacent to an activating group) is 1. The summed E-state index contributed by atoms with van der Waals surface area (Å²) >= 11 is 0. The predicted octanol–water partition coefficient (Wildman–Crippen LogP) is 2.47. The van der Waals surface area contributed by atoms with E-state index in [-0.39, 0.29) is 17.3 Å². The van der Waals surface area contributed by atoms with E-state index in [4.69, 9.17) is 0 Å². The first-order valence-corrected chi connectivity index (χ1v) is 11.5. The molecule has 0 spiro atoms. The van der Waals surface area contributed by atoms with Crippen molar-refractivity contribution in [1.29, 1.82) is 0 Å². The first-order valence-electron chi connectivity index (χ1n) is 10.1. The Morgan fingerprint density at radius 1 is 1.00 bits per heavy atom. The van der Waals surface area contributed by atoms with Crippen molar-refractivity contribution in [1.82, 2.24) is 14.1 Å². The monoisotopic (exact) mass is 427 g/mol. The van der Waals surface area contributed by atoms with Gasteiger partial charge in [-0.3, -0.25) is 9.69 Å². The van der Waals surface area contributed by atoms with Gasteiger partial charge in [0.2, 0.25) is 15.9 Å². The van der Waals surface area contributed by atoms with Crippen molar-refractivity contribution in [2.75, 3.05) is 46.3 Å². The van der Waals surface area contributed by atoms with Crippen LogP contribution in [0.4, 0.5) is 0 Å². The Morgan fingerprint density at radius 2 is 1.63 bits per heavy atom. The highest BCUT2D eigenvalue weighted by Crippen LogP contribution is 2.15. The Balaban J connectivity index is 1.48. The van der Waals surface area contributed by atoms with Crippen molar-refractivity contribution in [2.24, 2.45) is 0 Å². The lowest BCUT2D eigenvalue weighted by Crippen LogP contribution is -2.51. The summed E-state index contributed by atoms with van der Waals surface area (Å²) in [5.74, 6) is -0.160. The maximum atomic E-state index is 12.7. The smallest absolute Gasteiger partial charge is 0.243 e. The zero-order valence-corrected chi connectivity index (χ0v) is 18.4. The molecular formula is C23H29N3O3S. The van der Waals surface area contributed by atoms with Gasteiger partial charge in [-0.25, -0.2) is 8.42 Å². The quantitative estimate of drug-likeness (QED) is 0.681. The molecule has 0 bridgehead atoms. The summed E-state index contributed by atoms with van der Waals surface area (Å²) < 4.78 is 26.5. The molecule has 6 nitrogen and oxygen atoms in total. The molecule has 1 fully saturated rings. The van der Waals surface area contributed by atoms with E-state index in [9.17, 15) is 13.2 Å². The van der Waals surface area contributed by atoms with E-state index >= 15 is 0 Å². The van der Waals surface area contributed by atoms with Crippen molar-refractivity contribution in [3.05, 3.63) is 71.8 Å². The normalized spacial score (nSPS) is 15.8.